The fraction of sp³-hybridized carbons (Fsp3) is 0.600. The molecule has 8 nitrogen and oxygen atoms in total. The zero-order valence-electron chi connectivity index (χ0n) is 13.5. The molecule has 1 aromatic rings. The lowest BCUT2D eigenvalue weighted by Gasteiger charge is -2.32. The quantitative estimate of drug-likeness (QED) is 0.766. The van der Waals surface area contributed by atoms with Crippen LogP contribution in [-0.4, -0.2) is 64.6 Å². The van der Waals surface area contributed by atoms with Crippen molar-refractivity contribution in [1.29, 1.82) is 0 Å². The molecule has 0 saturated carbocycles. The molecule has 1 atom stereocenters. The normalized spacial score (nSPS) is 16.3. The Morgan fingerprint density at radius 2 is 2.22 bits per heavy atom. The first kappa shape index (κ1) is 17.0. The van der Waals surface area contributed by atoms with Gasteiger partial charge in [0.2, 0.25) is 5.91 Å². The van der Waals surface area contributed by atoms with Crippen LogP contribution < -0.4 is 10.2 Å². The van der Waals surface area contributed by atoms with Crippen LogP contribution in [-0.2, 0) is 9.59 Å². The molecule has 1 fully saturated rings. The summed E-state index contributed by atoms with van der Waals surface area (Å²) in [5.74, 6) is 0.234. The molecule has 2 heterocycles. The molecule has 0 radical (unpaired) electrons. The highest BCUT2D eigenvalue weighted by Crippen LogP contribution is 2.17. The Kier molecular flexibility index (Phi) is 5.72. The van der Waals surface area contributed by atoms with Gasteiger partial charge >= 0.3 is 5.97 Å². The van der Waals surface area contributed by atoms with Gasteiger partial charge in [-0.25, -0.2) is 14.8 Å². The predicted molar refractivity (Wildman–Crippen MR) is 86.5 cm³/mol. The summed E-state index contributed by atoms with van der Waals surface area (Å²) in [4.78, 5) is 34.9. The number of aromatic nitrogens is 2. The van der Waals surface area contributed by atoms with E-state index in [0.717, 1.165) is 12.8 Å². The summed E-state index contributed by atoms with van der Waals surface area (Å²) < 4.78 is 0. The number of unbranched alkanes of at least 4 members (excludes halogenated alkanes) is 1. The highest BCUT2D eigenvalue weighted by molar-refractivity contribution is 5.82. The highest BCUT2D eigenvalue weighted by Gasteiger charge is 2.23. The SMILES string of the molecule is CCCC[C@H](Nc1cc(N2CCN(C)C(=O)C2)ncn1)C(=O)O. The third kappa shape index (κ3) is 4.54. The molecule has 1 aromatic heterocycles. The first-order chi connectivity index (χ1) is 11.0. The van der Waals surface area contributed by atoms with Gasteiger partial charge < -0.3 is 20.2 Å². The Labute approximate surface area is 135 Å². The molecule has 0 bridgehead atoms. The van der Waals surface area contributed by atoms with Gasteiger partial charge in [-0.1, -0.05) is 19.8 Å². The lowest BCUT2D eigenvalue weighted by Crippen LogP contribution is -2.48. The highest BCUT2D eigenvalue weighted by atomic mass is 16.4. The minimum Gasteiger partial charge on any atom is -0.480 e. The number of carbonyl (C=O) groups is 2. The topological polar surface area (TPSA) is 98.7 Å². The summed E-state index contributed by atoms with van der Waals surface area (Å²) in [7, 11) is 1.78. The summed E-state index contributed by atoms with van der Waals surface area (Å²) in [6.07, 6.45) is 3.69. The minimum absolute atomic E-state index is 0.0377. The predicted octanol–water partition coefficient (Wildman–Crippen LogP) is 0.810. The molecule has 1 saturated heterocycles. The van der Waals surface area contributed by atoms with E-state index in [1.807, 2.05) is 11.8 Å². The Balaban J connectivity index is 2.07. The van der Waals surface area contributed by atoms with Gasteiger partial charge in [0, 0.05) is 26.2 Å². The number of carboxylic acid groups (broad SMARTS) is 1. The number of anilines is 2. The third-order valence-corrected chi connectivity index (χ3v) is 3.90. The van der Waals surface area contributed by atoms with Crippen molar-refractivity contribution >= 4 is 23.5 Å². The van der Waals surface area contributed by atoms with Gasteiger partial charge in [-0.05, 0) is 6.42 Å². The number of nitrogens with one attached hydrogen (secondary N) is 1. The zero-order valence-corrected chi connectivity index (χ0v) is 13.5. The van der Waals surface area contributed by atoms with Crippen molar-refractivity contribution in [3.05, 3.63) is 12.4 Å². The number of amides is 1. The monoisotopic (exact) mass is 321 g/mol. The molecule has 2 N–H and O–H groups in total. The van der Waals surface area contributed by atoms with Crippen LogP contribution in [0.1, 0.15) is 26.2 Å². The molecule has 0 unspecified atom stereocenters. The molecule has 126 valence electrons. The van der Waals surface area contributed by atoms with Crippen molar-refractivity contribution in [2.75, 3.05) is 36.9 Å². The van der Waals surface area contributed by atoms with Crippen molar-refractivity contribution in [3.63, 3.8) is 0 Å². The fourth-order valence-corrected chi connectivity index (χ4v) is 2.40. The minimum atomic E-state index is -0.895. The Morgan fingerprint density at radius 3 is 2.87 bits per heavy atom. The average Bonchev–Trinajstić information content (AvgIpc) is 2.54. The summed E-state index contributed by atoms with van der Waals surface area (Å²) in [5, 5.41) is 12.2. The number of nitrogens with zero attached hydrogens (tertiary/aromatic N) is 4. The first-order valence-electron chi connectivity index (χ1n) is 7.81. The maximum Gasteiger partial charge on any atom is 0.326 e. The van der Waals surface area contributed by atoms with E-state index in [9.17, 15) is 14.7 Å². The van der Waals surface area contributed by atoms with Gasteiger partial charge in [0.25, 0.3) is 0 Å². The van der Waals surface area contributed by atoms with Gasteiger partial charge in [-0.2, -0.15) is 0 Å². The molecule has 23 heavy (non-hydrogen) atoms. The van der Waals surface area contributed by atoms with Gasteiger partial charge in [0.15, 0.2) is 0 Å². The van der Waals surface area contributed by atoms with Crippen molar-refractivity contribution in [2.45, 2.75) is 32.2 Å². The lowest BCUT2D eigenvalue weighted by atomic mass is 10.1. The van der Waals surface area contributed by atoms with E-state index < -0.39 is 12.0 Å². The van der Waals surface area contributed by atoms with Crippen LogP contribution in [0.25, 0.3) is 0 Å². The van der Waals surface area contributed by atoms with E-state index in [2.05, 4.69) is 15.3 Å². The van der Waals surface area contributed by atoms with Crippen LogP contribution in [0.2, 0.25) is 0 Å². The number of aliphatic carboxylic acids is 1. The van der Waals surface area contributed by atoms with Crippen LogP contribution in [0.3, 0.4) is 0 Å². The smallest absolute Gasteiger partial charge is 0.326 e. The fourth-order valence-electron chi connectivity index (χ4n) is 2.40. The second kappa shape index (κ2) is 7.75. The van der Waals surface area contributed by atoms with E-state index in [1.165, 1.54) is 6.33 Å². The zero-order chi connectivity index (χ0) is 16.8. The third-order valence-electron chi connectivity index (χ3n) is 3.90. The Morgan fingerprint density at radius 1 is 1.43 bits per heavy atom. The van der Waals surface area contributed by atoms with Crippen LogP contribution in [0.15, 0.2) is 12.4 Å². The van der Waals surface area contributed by atoms with Crippen LogP contribution >= 0.6 is 0 Å². The first-order valence-corrected chi connectivity index (χ1v) is 7.81. The molecule has 0 spiro atoms. The summed E-state index contributed by atoms with van der Waals surface area (Å²) in [6, 6.07) is 1.02. The number of hydrogen-bond donors (Lipinski definition) is 2. The maximum absolute atomic E-state index is 11.8. The van der Waals surface area contributed by atoms with Crippen LogP contribution in [0, 0.1) is 0 Å². The molecule has 1 amide bonds. The second-order valence-corrected chi connectivity index (χ2v) is 5.68. The van der Waals surface area contributed by atoms with E-state index in [1.54, 1.807) is 18.0 Å². The summed E-state index contributed by atoms with van der Waals surface area (Å²) >= 11 is 0. The number of rotatable bonds is 7. The van der Waals surface area contributed by atoms with Crippen molar-refractivity contribution in [3.8, 4) is 0 Å². The van der Waals surface area contributed by atoms with E-state index in [-0.39, 0.29) is 12.5 Å². The number of likely N-dealkylation sites (N-methyl/N-ethyl adjacent to an activating group) is 1. The molecule has 1 aliphatic rings. The van der Waals surface area contributed by atoms with Gasteiger partial charge in [-0.15, -0.1) is 0 Å². The largest absolute Gasteiger partial charge is 0.480 e. The second-order valence-electron chi connectivity index (χ2n) is 5.68. The van der Waals surface area contributed by atoms with Gasteiger partial charge in [0.1, 0.15) is 24.0 Å². The van der Waals surface area contributed by atoms with Gasteiger partial charge in [-0.3, -0.25) is 4.79 Å². The van der Waals surface area contributed by atoms with Crippen LogP contribution in [0.4, 0.5) is 11.6 Å². The molecular weight excluding hydrogens is 298 g/mol. The number of carbonyl (C=O) groups excluding carboxylic acids is 1. The van der Waals surface area contributed by atoms with E-state index in [4.69, 9.17) is 0 Å². The number of hydrogen-bond acceptors (Lipinski definition) is 6. The molecule has 1 aliphatic heterocycles. The Bertz CT molecular complexity index is 566. The van der Waals surface area contributed by atoms with E-state index >= 15 is 0 Å². The maximum atomic E-state index is 11.8. The Hall–Kier alpha value is -2.38. The van der Waals surface area contributed by atoms with Crippen molar-refractivity contribution in [2.24, 2.45) is 0 Å². The van der Waals surface area contributed by atoms with Crippen LogP contribution in [0.5, 0.6) is 0 Å². The van der Waals surface area contributed by atoms with Crippen molar-refractivity contribution < 1.29 is 14.7 Å². The molecule has 0 aliphatic carbocycles. The number of carboxylic acids is 1. The summed E-state index contributed by atoms with van der Waals surface area (Å²) in [5.41, 5.74) is 0. The molecule has 0 aromatic carbocycles. The standard InChI is InChI=1S/C15H23N5O3/c1-3-4-5-11(15(22)23)18-12-8-13(17-10-16-12)20-7-6-19(2)14(21)9-20/h8,10-11H,3-7,9H2,1-2H3,(H,22,23)(H,16,17,18)/t11-/m0/s1. The van der Waals surface area contributed by atoms with E-state index in [0.29, 0.717) is 31.1 Å². The molecular formula is C15H23N5O3. The lowest BCUT2D eigenvalue weighted by molar-refractivity contribution is -0.138. The molecule has 8 heteroatoms. The van der Waals surface area contributed by atoms with Gasteiger partial charge in [0.05, 0.1) is 6.54 Å². The molecule has 2 rings (SSSR count). The van der Waals surface area contributed by atoms with Crippen molar-refractivity contribution in [1.82, 2.24) is 14.9 Å². The summed E-state index contributed by atoms with van der Waals surface area (Å²) in [6.45, 7) is 3.62. The number of piperazine rings is 1. The average molecular weight is 321 g/mol.